The first-order chi connectivity index (χ1) is 17.3. The number of aryl methyl sites for hydroxylation is 1. The third kappa shape index (κ3) is 4.74. The highest BCUT2D eigenvalue weighted by Gasteiger charge is 2.26. The number of aromatic carboxylic acids is 1. The fraction of sp³-hybridized carbons (Fsp3) is 0.414. The molecule has 1 aromatic carbocycles. The zero-order valence-electron chi connectivity index (χ0n) is 21.4. The van der Waals surface area contributed by atoms with E-state index in [0.717, 1.165) is 53.5 Å². The molecule has 1 aliphatic rings. The van der Waals surface area contributed by atoms with Gasteiger partial charge in [0.15, 0.2) is 11.5 Å². The summed E-state index contributed by atoms with van der Waals surface area (Å²) in [4.78, 5) is 30.5. The second kappa shape index (κ2) is 9.80. The molecule has 36 heavy (non-hydrogen) atoms. The Bertz CT molecular complexity index is 1420. The van der Waals surface area contributed by atoms with Gasteiger partial charge in [0.25, 0.3) is 0 Å². The van der Waals surface area contributed by atoms with Crippen molar-refractivity contribution in [3.63, 3.8) is 0 Å². The van der Waals surface area contributed by atoms with Gasteiger partial charge in [0.1, 0.15) is 16.9 Å². The molecule has 0 aliphatic heterocycles. The number of hydrogen-bond donors (Lipinski definition) is 1. The summed E-state index contributed by atoms with van der Waals surface area (Å²) in [5, 5.41) is 9.77. The first-order valence-corrected chi connectivity index (χ1v) is 12.8. The summed E-state index contributed by atoms with van der Waals surface area (Å²) in [6.07, 6.45) is 6.59. The molecule has 3 heterocycles. The molecule has 5 rings (SSSR count). The number of benzene rings is 1. The van der Waals surface area contributed by atoms with Crippen LogP contribution in [0.3, 0.4) is 0 Å². The highest BCUT2D eigenvalue weighted by Crippen LogP contribution is 2.35. The average molecular weight is 484 g/mol. The van der Waals surface area contributed by atoms with Gasteiger partial charge in [-0.25, -0.2) is 19.7 Å². The molecule has 186 valence electrons. The molecule has 7 heteroatoms. The van der Waals surface area contributed by atoms with Crippen molar-refractivity contribution in [2.45, 2.75) is 65.8 Å². The number of imidazole rings is 1. The van der Waals surface area contributed by atoms with Crippen LogP contribution in [0.15, 0.2) is 42.6 Å². The molecule has 1 fully saturated rings. The number of hydrogen-bond acceptors (Lipinski definition) is 5. The topological polar surface area (TPSA) is 93.8 Å². The Kier molecular flexibility index (Phi) is 6.56. The third-order valence-corrected chi connectivity index (χ3v) is 7.34. The van der Waals surface area contributed by atoms with E-state index in [1.165, 1.54) is 18.4 Å². The predicted octanol–water partition coefficient (Wildman–Crippen LogP) is 6.51. The summed E-state index contributed by atoms with van der Waals surface area (Å²) in [5.41, 5.74) is 5.67. The van der Waals surface area contributed by atoms with Crippen molar-refractivity contribution < 1.29 is 9.90 Å². The van der Waals surface area contributed by atoms with Crippen LogP contribution in [0.4, 0.5) is 0 Å². The minimum Gasteiger partial charge on any atom is -0.475 e. The standard InChI is InChI=1S/C29H33N5O2/c1-17(2)21-12-13-30-23(15-21)28-33-26-25(34(28)16-20-10-8-18(3)9-11-20)24(31-27(32-26)29(35)36)22-7-5-6-19(4)14-22/h5-7,12-15,17-18,20H,8-11,16H2,1-4H3,(H,35,36). The Morgan fingerprint density at radius 1 is 1.08 bits per heavy atom. The molecule has 0 amide bonds. The molecular weight excluding hydrogens is 450 g/mol. The van der Waals surface area contributed by atoms with Gasteiger partial charge in [-0.15, -0.1) is 0 Å². The maximum absolute atomic E-state index is 12.0. The smallest absolute Gasteiger partial charge is 0.374 e. The normalized spacial score (nSPS) is 18.1. The highest BCUT2D eigenvalue weighted by atomic mass is 16.4. The number of rotatable bonds is 6. The van der Waals surface area contributed by atoms with Gasteiger partial charge in [0.2, 0.25) is 5.82 Å². The third-order valence-electron chi connectivity index (χ3n) is 7.34. The Labute approximate surface area is 211 Å². The van der Waals surface area contributed by atoms with Crippen LogP contribution in [-0.2, 0) is 6.54 Å². The SMILES string of the molecule is Cc1cccc(-c2nc(C(=O)O)nc3nc(-c4cc(C(C)C)ccn4)n(CC4CCC(C)CC4)c23)c1. The molecule has 1 N–H and O–H groups in total. The molecule has 0 unspecified atom stereocenters. The molecule has 1 aliphatic carbocycles. The molecule has 0 radical (unpaired) electrons. The molecule has 0 bridgehead atoms. The van der Waals surface area contributed by atoms with Crippen LogP contribution in [0.1, 0.15) is 74.1 Å². The van der Waals surface area contributed by atoms with Crippen LogP contribution in [-0.4, -0.2) is 35.6 Å². The summed E-state index contributed by atoms with van der Waals surface area (Å²) in [6, 6.07) is 12.1. The molecule has 0 atom stereocenters. The van der Waals surface area contributed by atoms with Crippen molar-refractivity contribution in [2.75, 3.05) is 0 Å². The second-order valence-electron chi connectivity index (χ2n) is 10.5. The van der Waals surface area contributed by atoms with Gasteiger partial charge in [0.05, 0.1) is 0 Å². The Hall–Kier alpha value is -3.61. The van der Waals surface area contributed by atoms with Gasteiger partial charge < -0.3 is 9.67 Å². The molecule has 1 saturated carbocycles. The van der Waals surface area contributed by atoms with Gasteiger partial charge in [-0.05, 0) is 61.3 Å². The number of carbonyl (C=O) groups is 1. The van der Waals surface area contributed by atoms with Gasteiger partial charge in [0, 0.05) is 18.3 Å². The maximum Gasteiger partial charge on any atom is 0.374 e. The van der Waals surface area contributed by atoms with Gasteiger partial charge in [-0.1, -0.05) is 57.4 Å². The number of aromatic nitrogens is 5. The van der Waals surface area contributed by atoms with E-state index in [2.05, 4.69) is 46.4 Å². The van der Waals surface area contributed by atoms with Gasteiger partial charge >= 0.3 is 5.97 Å². The summed E-state index contributed by atoms with van der Waals surface area (Å²) in [5.74, 6) is 0.931. The van der Waals surface area contributed by atoms with Crippen LogP contribution < -0.4 is 0 Å². The van der Waals surface area contributed by atoms with Crippen LogP contribution in [0.2, 0.25) is 0 Å². The van der Waals surface area contributed by atoms with Crippen molar-refractivity contribution in [1.29, 1.82) is 0 Å². The van der Waals surface area contributed by atoms with Gasteiger partial charge in [-0.3, -0.25) is 4.98 Å². The van der Waals surface area contributed by atoms with E-state index in [4.69, 9.17) is 4.98 Å². The molecule has 0 saturated heterocycles. The highest BCUT2D eigenvalue weighted by molar-refractivity contribution is 5.94. The molecule has 0 spiro atoms. The Morgan fingerprint density at radius 2 is 1.86 bits per heavy atom. The van der Waals surface area contributed by atoms with E-state index >= 15 is 0 Å². The van der Waals surface area contributed by atoms with E-state index in [1.807, 2.05) is 43.5 Å². The lowest BCUT2D eigenvalue weighted by molar-refractivity contribution is 0.0684. The van der Waals surface area contributed by atoms with Crippen molar-refractivity contribution in [3.05, 3.63) is 59.5 Å². The van der Waals surface area contributed by atoms with Crippen LogP contribution in [0.5, 0.6) is 0 Å². The monoisotopic (exact) mass is 483 g/mol. The van der Waals surface area contributed by atoms with Gasteiger partial charge in [-0.2, -0.15) is 0 Å². The summed E-state index contributed by atoms with van der Waals surface area (Å²) < 4.78 is 2.20. The van der Waals surface area contributed by atoms with Crippen molar-refractivity contribution in [1.82, 2.24) is 24.5 Å². The number of pyridine rings is 1. The van der Waals surface area contributed by atoms with Crippen molar-refractivity contribution in [2.24, 2.45) is 11.8 Å². The largest absolute Gasteiger partial charge is 0.475 e. The summed E-state index contributed by atoms with van der Waals surface area (Å²) in [6.45, 7) is 9.44. The lowest BCUT2D eigenvalue weighted by Gasteiger charge is -2.27. The van der Waals surface area contributed by atoms with E-state index in [9.17, 15) is 9.90 Å². The zero-order chi connectivity index (χ0) is 25.4. The fourth-order valence-electron chi connectivity index (χ4n) is 5.20. The van der Waals surface area contributed by atoms with E-state index < -0.39 is 5.97 Å². The van der Waals surface area contributed by atoms with E-state index in [1.54, 1.807) is 0 Å². The second-order valence-corrected chi connectivity index (χ2v) is 10.5. The first-order valence-electron chi connectivity index (χ1n) is 12.8. The quantitative estimate of drug-likeness (QED) is 0.336. The van der Waals surface area contributed by atoms with E-state index in [0.29, 0.717) is 23.2 Å². The zero-order valence-corrected chi connectivity index (χ0v) is 21.4. The summed E-state index contributed by atoms with van der Waals surface area (Å²) in [7, 11) is 0. The number of carboxylic acid groups (broad SMARTS) is 1. The Balaban J connectivity index is 1.77. The predicted molar refractivity (Wildman–Crippen MR) is 141 cm³/mol. The van der Waals surface area contributed by atoms with Crippen LogP contribution in [0.25, 0.3) is 33.9 Å². The minimum atomic E-state index is -1.16. The molecule has 3 aromatic heterocycles. The number of fused-ring (bicyclic) bond motifs is 1. The minimum absolute atomic E-state index is 0.245. The van der Waals surface area contributed by atoms with Crippen LogP contribution >= 0.6 is 0 Å². The number of carboxylic acids is 1. The number of nitrogens with zero attached hydrogens (tertiary/aromatic N) is 5. The molecule has 7 nitrogen and oxygen atoms in total. The maximum atomic E-state index is 12.0. The average Bonchev–Trinajstić information content (AvgIpc) is 3.23. The molecular formula is C29H33N5O2. The fourth-order valence-corrected chi connectivity index (χ4v) is 5.20. The first kappa shape index (κ1) is 24.1. The lowest BCUT2D eigenvalue weighted by Crippen LogP contribution is -2.19. The lowest BCUT2D eigenvalue weighted by atomic mass is 9.83. The Morgan fingerprint density at radius 3 is 2.56 bits per heavy atom. The van der Waals surface area contributed by atoms with E-state index in [-0.39, 0.29) is 5.82 Å². The van der Waals surface area contributed by atoms with Crippen LogP contribution in [0, 0.1) is 18.8 Å². The molecule has 4 aromatic rings. The summed E-state index contributed by atoms with van der Waals surface area (Å²) >= 11 is 0. The van der Waals surface area contributed by atoms with Crippen molar-refractivity contribution >= 4 is 17.1 Å². The van der Waals surface area contributed by atoms with Crippen molar-refractivity contribution in [3.8, 4) is 22.8 Å².